The molecule has 0 radical (unpaired) electrons. The molecule has 32 heteroatoms. The normalized spacial score (nSPS) is 10.0. The summed E-state index contributed by atoms with van der Waals surface area (Å²) in [6, 6.07) is 27.5. The van der Waals surface area contributed by atoms with Crippen molar-refractivity contribution in [1.82, 2.24) is 0 Å². The first kappa shape index (κ1) is 91.1. The number of phosphoric ester groups is 1. The minimum atomic E-state index is -3.48. The van der Waals surface area contributed by atoms with Gasteiger partial charge in [0.05, 0.1) is 16.4 Å². The van der Waals surface area contributed by atoms with E-state index in [-0.39, 0.29) is 21.2 Å². The van der Waals surface area contributed by atoms with Crippen LogP contribution in [0.1, 0.15) is 54.1 Å². The number of benzene rings is 4. The van der Waals surface area contributed by atoms with Gasteiger partial charge in [-0.2, -0.15) is 4.89 Å². The van der Waals surface area contributed by atoms with Crippen molar-refractivity contribution in [2.75, 3.05) is 56.1 Å². The quantitative estimate of drug-likeness (QED) is 0.0125. The zero-order valence-electron chi connectivity index (χ0n) is 49.5. The van der Waals surface area contributed by atoms with Crippen LogP contribution in [0.4, 0.5) is 0 Å². The Labute approximate surface area is 519 Å². The standard InChI is InChI=1S/C10H12O4.C10H8O2.C9H4.C8H11O4P.C7H9O4P.C7H4.C3H9O3P.C2H2O4.CH2O.HO3P.H2O3.2H2/c1-7-3-4-8(14-6-13-2)5-9(7)10(11)12;1-6-3-4-8-7(2)12-10(11)9(8)5-6;1-3-5-7-9-8-6-4-2;1-10-13(9,11-2)12-8-6-4-3-5-7-8;1-10-12(9,11-8)7-5-3-2-4-6-7;1-3-5-7-6-4-2;1-5-7(3,4)6-2;3-1(4)2(5)6;1-2;1-4(2)3;1-3-2;;/h3-5H,6H2,1-2H3,(H,11,12);3-5H,2H2,1H3;1H,2H3;3-7H,1-2H3;2-6,8H,1H3;1H,2H3;1-3H3;(H,3,4)(H,5,6);1H2;(H,1,2,3);1-2H;2*1H. The van der Waals surface area contributed by atoms with E-state index in [2.05, 4.69) is 110 Å². The summed E-state index contributed by atoms with van der Waals surface area (Å²) in [4.78, 5) is 63.7. The Hall–Kier alpha value is -9.04. The second-order valence-corrected chi connectivity index (χ2v) is 20.5. The first-order chi connectivity index (χ1) is 42.0. The van der Waals surface area contributed by atoms with Crippen molar-refractivity contribution in [3.63, 3.8) is 0 Å². The number of fused-ring (bicyclic) bond motifs is 1. The number of ether oxygens (including phenoxy) is 3. The van der Waals surface area contributed by atoms with Crippen molar-refractivity contribution < 1.29 is 137 Å². The van der Waals surface area contributed by atoms with Crippen LogP contribution in [0.15, 0.2) is 104 Å². The highest BCUT2D eigenvalue weighted by Crippen LogP contribution is 2.47. The Balaban J connectivity index is -0.000000143. The molecule has 0 aliphatic carbocycles. The molecule has 0 amide bonds. The Morgan fingerprint density at radius 3 is 1.47 bits per heavy atom. The molecule has 4 aromatic carbocycles. The molecule has 0 spiro atoms. The number of carboxylic acid groups (broad SMARTS) is 3. The van der Waals surface area contributed by atoms with Crippen molar-refractivity contribution in [1.29, 1.82) is 0 Å². The molecular formula is C57H68O28P4. The highest BCUT2D eigenvalue weighted by molar-refractivity contribution is 7.62. The third-order valence-electron chi connectivity index (χ3n) is 8.14. The van der Waals surface area contributed by atoms with Crippen molar-refractivity contribution in [2.45, 2.75) is 27.7 Å². The van der Waals surface area contributed by atoms with Gasteiger partial charge in [-0.1, -0.05) is 83.6 Å². The van der Waals surface area contributed by atoms with E-state index >= 15 is 0 Å². The summed E-state index contributed by atoms with van der Waals surface area (Å²) < 4.78 is 88.1. The fraction of sp³-hybridized carbons (Fsp3) is 0.211. The zero-order valence-corrected chi connectivity index (χ0v) is 53.1. The molecule has 5 rings (SSSR count). The maximum absolute atomic E-state index is 11.5. The molecule has 4 aromatic rings. The topological polar surface area (TPSA) is 420 Å². The SMILES string of the molecule is C#CC#CC#CC.C#CC#CC#CC#CC.C=C1OC(=O)c2cc(C)ccc21.C=O.COCOc1ccc(C)c(C(=O)O)c1.COP(=O)(OC)Oc1ccccc1.COP(=O)(OO)c1ccccc1.COP(C)(=O)OC.O=C(O)C(=O)O.O=[P+]([O-])O.OOO.[HH].[HH]. The van der Waals surface area contributed by atoms with Crippen LogP contribution in [0.2, 0.25) is 0 Å². The van der Waals surface area contributed by atoms with E-state index < -0.39 is 49.2 Å². The van der Waals surface area contributed by atoms with E-state index in [9.17, 15) is 23.3 Å². The lowest BCUT2D eigenvalue weighted by Gasteiger charge is -2.13. The minimum Gasteiger partial charge on any atom is -0.567 e. The summed E-state index contributed by atoms with van der Waals surface area (Å²) in [5, 5.41) is 47.8. The second-order valence-electron chi connectivity index (χ2n) is 13.9. The number of carbonyl (C=O) groups excluding carboxylic acids is 2. The number of phosphoric acid groups is 1. The van der Waals surface area contributed by atoms with Crippen LogP contribution in [-0.2, 0) is 74.4 Å². The molecule has 0 saturated carbocycles. The fourth-order valence-corrected chi connectivity index (χ4v) is 6.03. The van der Waals surface area contributed by atoms with Gasteiger partial charge in [-0.15, -0.1) is 17.5 Å². The Morgan fingerprint density at radius 2 is 1.10 bits per heavy atom. The zero-order chi connectivity index (χ0) is 69.9. The van der Waals surface area contributed by atoms with E-state index in [1.807, 2.05) is 38.0 Å². The van der Waals surface area contributed by atoms with Gasteiger partial charge in [0.15, 0.2) is 6.79 Å². The third-order valence-corrected chi connectivity index (χ3v) is 12.4. The average molecular weight is 1330 g/mol. The third kappa shape index (κ3) is 50.8. The number of carboxylic acids is 3. The van der Waals surface area contributed by atoms with Gasteiger partial charge < -0.3 is 57.3 Å². The summed E-state index contributed by atoms with van der Waals surface area (Å²) in [7, 11) is -4.69. The predicted octanol–water partition coefficient (Wildman–Crippen LogP) is 8.73. The highest BCUT2D eigenvalue weighted by Gasteiger charge is 2.26. The number of esters is 1. The lowest BCUT2D eigenvalue weighted by Crippen LogP contribution is -2.09. The summed E-state index contributed by atoms with van der Waals surface area (Å²) in [6.45, 7) is 14.3. The van der Waals surface area contributed by atoms with Gasteiger partial charge in [0.2, 0.25) is 0 Å². The maximum Gasteiger partial charge on any atom is 0.529 e. The molecule has 0 fully saturated rings. The van der Waals surface area contributed by atoms with Crippen LogP contribution in [-0.4, -0.2) is 123 Å². The molecule has 7 N–H and O–H groups in total. The van der Waals surface area contributed by atoms with Gasteiger partial charge in [-0.05, 0) is 139 Å². The van der Waals surface area contributed by atoms with Crippen molar-refractivity contribution in [2.24, 2.45) is 0 Å². The largest absolute Gasteiger partial charge is 0.567 e. The molecule has 28 nitrogen and oxygen atoms in total. The maximum atomic E-state index is 11.5. The number of para-hydroxylation sites is 1. The number of aryl methyl sites for hydroxylation is 2. The van der Waals surface area contributed by atoms with E-state index in [0.717, 1.165) is 11.1 Å². The smallest absolute Gasteiger partial charge is 0.529 e. The lowest BCUT2D eigenvalue weighted by molar-refractivity contribution is -0.465. The number of carbonyl (C=O) groups is 5. The van der Waals surface area contributed by atoms with Gasteiger partial charge in [0.1, 0.15) is 24.0 Å². The number of aliphatic carboxylic acids is 2. The molecule has 2 atom stereocenters. The minimum absolute atomic E-state index is 0. The summed E-state index contributed by atoms with van der Waals surface area (Å²) in [5.74, 6) is 25.5. The molecule has 0 bridgehead atoms. The van der Waals surface area contributed by atoms with Gasteiger partial charge in [-0.25, -0.2) is 39.5 Å². The molecule has 89 heavy (non-hydrogen) atoms. The Kier molecular flexibility index (Phi) is 59.4. The van der Waals surface area contributed by atoms with Crippen molar-refractivity contribution >= 4 is 73.0 Å². The van der Waals surface area contributed by atoms with E-state index in [1.165, 1.54) is 55.4 Å². The average Bonchev–Trinajstić information content (AvgIpc) is 2.56. The van der Waals surface area contributed by atoms with Crippen LogP contribution in [0.25, 0.3) is 5.76 Å². The van der Waals surface area contributed by atoms with Crippen LogP contribution in [0.5, 0.6) is 11.5 Å². The molecule has 2 unspecified atom stereocenters. The number of methoxy groups -OCH3 is 1. The number of hydrogen-bond acceptors (Lipinski definition) is 24. The number of terminal acetylenes is 2. The van der Waals surface area contributed by atoms with Gasteiger partial charge in [0, 0.05) is 57.7 Å². The van der Waals surface area contributed by atoms with E-state index in [4.69, 9.17) is 91.4 Å². The summed E-state index contributed by atoms with van der Waals surface area (Å²) in [6.07, 6.45) is 9.59. The fourth-order valence-electron chi connectivity index (χ4n) is 4.29. The number of aromatic carboxylic acids is 1. The summed E-state index contributed by atoms with van der Waals surface area (Å²) >= 11 is 0. The Bertz CT molecular complexity index is 3330. The molecule has 1 heterocycles. The monoisotopic (exact) mass is 1320 g/mol. The van der Waals surface area contributed by atoms with Crippen LogP contribution in [0.3, 0.4) is 0 Å². The van der Waals surface area contributed by atoms with E-state index in [0.29, 0.717) is 33.7 Å². The van der Waals surface area contributed by atoms with Crippen molar-refractivity contribution in [3.8, 4) is 95.4 Å². The van der Waals surface area contributed by atoms with Crippen LogP contribution < -0.4 is 19.5 Å². The second kappa shape index (κ2) is 58.0. The van der Waals surface area contributed by atoms with Crippen molar-refractivity contribution in [3.05, 3.63) is 131 Å². The summed E-state index contributed by atoms with van der Waals surface area (Å²) in [5.41, 5.74) is 3.45. The number of hydrogen-bond donors (Lipinski definition) is 7. The molecular weight excluding hydrogens is 1260 g/mol. The lowest BCUT2D eigenvalue weighted by atomic mass is 10.1. The first-order valence-electron chi connectivity index (χ1n) is 23.0. The van der Waals surface area contributed by atoms with Crippen LogP contribution in [0, 0.1) is 97.7 Å². The molecule has 1 aliphatic heterocycles. The first-order valence-corrected chi connectivity index (χ1v) is 29.1. The molecule has 0 saturated heterocycles. The number of cyclic esters (lactones) is 1. The van der Waals surface area contributed by atoms with Gasteiger partial charge >= 0.3 is 55.1 Å². The Morgan fingerprint density at radius 1 is 0.663 bits per heavy atom. The van der Waals surface area contributed by atoms with Crippen LogP contribution >= 0.6 is 31.3 Å². The predicted molar refractivity (Wildman–Crippen MR) is 328 cm³/mol. The molecule has 1 aliphatic rings. The highest BCUT2D eigenvalue weighted by atomic mass is 31.2. The number of rotatable bonds is 13. The van der Waals surface area contributed by atoms with E-state index in [1.54, 1.807) is 87.5 Å². The van der Waals surface area contributed by atoms with Gasteiger partial charge in [0.25, 0.3) is 0 Å². The molecule has 484 valence electrons. The van der Waals surface area contributed by atoms with Gasteiger partial charge in [-0.3, -0.25) is 18.2 Å². The molecule has 0 aromatic heterocycles.